The third-order valence-electron chi connectivity index (χ3n) is 3.37. The Hall–Kier alpha value is -1.55. The van der Waals surface area contributed by atoms with E-state index in [2.05, 4.69) is 14.8 Å². The normalized spacial score (nSPS) is 12.2. The molecule has 128 valence electrons. The maximum Gasteiger partial charge on any atom is 0.260 e. The lowest BCUT2D eigenvalue weighted by atomic mass is 10.2. The summed E-state index contributed by atoms with van der Waals surface area (Å²) in [6, 6.07) is 4.05. The molecule has 2 aromatic heterocycles. The molecule has 0 fully saturated rings. The Morgan fingerprint density at radius 1 is 1.42 bits per heavy atom. The first-order valence-corrected chi connectivity index (χ1v) is 9.78. The van der Waals surface area contributed by atoms with Gasteiger partial charge in [-0.25, -0.2) is 22.5 Å². The fraction of sp³-hybridized carbons (Fsp3) is 0.286. The van der Waals surface area contributed by atoms with Crippen LogP contribution in [-0.4, -0.2) is 23.0 Å². The predicted molar refractivity (Wildman–Crippen MR) is 90.4 cm³/mol. The van der Waals surface area contributed by atoms with Crippen molar-refractivity contribution in [1.29, 1.82) is 0 Å². The lowest BCUT2D eigenvalue weighted by Crippen LogP contribution is -2.25. The monoisotopic (exact) mass is 388 g/mol. The minimum Gasteiger partial charge on any atom is -0.221 e. The minimum atomic E-state index is -3.83. The molecule has 3 aromatic rings. The van der Waals surface area contributed by atoms with Gasteiger partial charge in [-0.2, -0.15) is 9.61 Å². The van der Waals surface area contributed by atoms with E-state index in [0.29, 0.717) is 22.6 Å². The number of sulfonamides is 1. The predicted octanol–water partition coefficient (Wildman–Crippen LogP) is 2.93. The van der Waals surface area contributed by atoms with Gasteiger partial charge in [-0.1, -0.05) is 35.9 Å². The average molecular weight is 389 g/mol. The molecule has 1 aromatic carbocycles. The van der Waals surface area contributed by atoms with Gasteiger partial charge in [0.1, 0.15) is 10.8 Å². The molecule has 0 bridgehead atoms. The summed E-state index contributed by atoms with van der Waals surface area (Å²) in [5.74, 6) is -0.550. The number of nitrogens with zero attached hydrogens (tertiary/aromatic N) is 3. The summed E-state index contributed by atoms with van der Waals surface area (Å²) in [6.45, 7) is 3.55. The van der Waals surface area contributed by atoms with Crippen LogP contribution in [-0.2, 0) is 23.0 Å². The van der Waals surface area contributed by atoms with Gasteiger partial charge in [0, 0.05) is 6.54 Å². The van der Waals surface area contributed by atoms with Gasteiger partial charge in [0.25, 0.3) is 10.0 Å². The van der Waals surface area contributed by atoms with Gasteiger partial charge < -0.3 is 0 Å². The fourth-order valence-corrected chi connectivity index (χ4v) is 4.64. The summed E-state index contributed by atoms with van der Waals surface area (Å²) in [7, 11) is -3.83. The molecule has 1 N–H and O–H groups in total. The van der Waals surface area contributed by atoms with Crippen LogP contribution >= 0.6 is 22.9 Å². The molecular weight excluding hydrogens is 375 g/mol. The van der Waals surface area contributed by atoms with Crippen LogP contribution in [0.5, 0.6) is 0 Å². The van der Waals surface area contributed by atoms with Crippen LogP contribution in [0.2, 0.25) is 5.02 Å². The summed E-state index contributed by atoms with van der Waals surface area (Å²) in [5, 5.41) is 5.05. The molecule has 2 heterocycles. The highest BCUT2D eigenvalue weighted by Gasteiger charge is 2.25. The fourth-order valence-electron chi connectivity index (χ4n) is 2.22. The lowest BCUT2D eigenvalue weighted by molar-refractivity contribution is 0.572. The quantitative estimate of drug-likeness (QED) is 0.729. The first-order chi connectivity index (χ1) is 11.3. The van der Waals surface area contributed by atoms with Crippen molar-refractivity contribution in [2.75, 3.05) is 0 Å². The first-order valence-electron chi connectivity index (χ1n) is 7.10. The molecule has 0 saturated heterocycles. The van der Waals surface area contributed by atoms with Gasteiger partial charge in [0.2, 0.25) is 4.96 Å². The Balaban J connectivity index is 1.91. The van der Waals surface area contributed by atoms with Crippen molar-refractivity contribution in [3.05, 3.63) is 45.3 Å². The number of aromatic nitrogens is 3. The number of aryl methyl sites for hydroxylation is 2. The van der Waals surface area contributed by atoms with Crippen LogP contribution in [0.1, 0.15) is 23.2 Å². The average Bonchev–Trinajstić information content (AvgIpc) is 3.04. The first kappa shape index (κ1) is 17.3. The Morgan fingerprint density at radius 2 is 2.17 bits per heavy atom. The molecule has 0 radical (unpaired) electrons. The smallest absolute Gasteiger partial charge is 0.221 e. The van der Waals surface area contributed by atoms with Crippen molar-refractivity contribution < 1.29 is 12.8 Å². The van der Waals surface area contributed by atoms with E-state index >= 15 is 0 Å². The second kappa shape index (κ2) is 6.40. The highest BCUT2D eigenvalue weighted by Crippen LogP contribution is 2.23. The zero-order chi connectivity index (χ0) is 17.5. The highest BCUT2D eigenvalue weighted by atomic mass is 35.5. The third kappa shape index (κ3) is 3.16. The van der Waals surface area contributed by atoms with Gasteiger partial charge in [0.05, 0.1) is 10.7 Å². The van der Waals surface area contributed by atoms with Crippen LogP contribution in [0.3, 0.4) is 0 Å². The van der Waals surface area contributed by atoms with Crippen molar-refractivity contribution >= 4 is 37.9 Å². The number of benzene rings is 1. The van der Waals surface area contributed by atoms with Gasteiger partial charge in [-0.15, -0.1) is 0 Å². The van der Waals surface area contributed by atoms with E-state index in [9.17, 15) is 12.8 Å². The van der Waals surface area contributed by atoms with Gasteiger partial charge in [-0.05, 0) is 31.0 Å². The lowest BCUT2D eigenvalue weighted by Gasteiger charge is -2.07. The van der Waals surface area contributed by atoms with Crippen LogP contribution in [0.15, 0.2) is 23.2 Å². The van der Waals surface area contributed by atoms with E-state index in [4.69, 9.17) is 11.6 Å². The van der Waals surface area contributed by atoms with Crippen LogP contribution in [0.25, 0.3) is 4.96 Å². The molecule has 3 rings (SSSR count). The van der Waals surface area contributed by atoms with E-state index in [1.54, 1.807) is 6.92 Å². The second-order valence-corrected chi connectivity index (χ2v) is 8.25. The molecular formula is C14H14ClFN4O2S2. The maximum atomic E-state index is 13.2. The van der Waals surface area contributed by atoms with Crippen molar-refractivity contribution in [3.63, 3.8) is 0 Å². The molecule has 0 aliphatic rings. The molecule has 0 unspecified atom stereocenters. The Kier molecular flexibility index (Phi) is 4.60. The third-order valence-corrected chi connectivity index (χ3v) is 6.22. The Morgan fingerprint density at radius 3 is 2.83 bits per heavy atom. The number of nitrogens with one attached hydrogen (secondary N) is 1. The van der Waals surface area contributed by atoms with Crippen molar-refractivity contribution in [2.24, 2.45) is 0 Å². The zero-order valence-corrected chi connectivity index (χ0v) is 15.3. The number of imidazole rings is 1. The SMILES string of the molecule is CCc1nn2c(S(=O)(=O)NCc3ccc(F)c(Cl)c3)c(C)nc2s1. The highest BCUT2D eigenvalue weighted by molar-refractivity contribution is 7.89. The largest absolute Gasteiger partial charge is 0.260 e. The summed E-state index contributed by atoms with van der Waals surface area (Å²) in [6.07, 6.45) is 0.702. The molecule has 0 aliphatic carbocycles. The molecule has 0 saturated carbocycles. The van der Waals surface area contributed by atoms with Crippen molar-refractivity contribution in [1.82, 2.24) is 19.3 Å². The van der Waals surface area contributed by atoms with Gasteiger partial charge in [-0.3, -0.25) is 0 Å². The molecule has 0 aliphatic heterocycles. The Bertz CT molecular complexity index is 1010. The molecule has 0 amide bonds. The zero-order valence-electron chi connectivity index (χ0n) is 12.9. The van der Waals surface area contributed by atoms with Gasteiger partial charge >= 0.3 is 0 Å². The Labute approximate surface area is 147 Å². The van der Waals surface area contributed by atoms with E-state index < -0.39 is 15.8 Å². The van der Waals surface area contributed by atoms with Crippen LogP contribution in [0.4, 0.5) is 4.39 Å². The van der Waals surface area contributed by atoms with E-state index in [-0.39, 0.29) is 16.6 Å². The standard InChI is InChI=1S/C14H14ClFN4O2S2/c1-3-12-19-20-13(8(2)18-14(20)23-12)24(21,22)17-7-9-4-5-11(16)10(15)6-9/h4-6,17H,3,7H2,1-2H3. The van der Waals surface area contributed by atoms with Crippen molar-refractivity contribution in [2.45, 2.75) is 31.8 Å². The number of fused-ring (bicyclic) bond motifs is 1. The maximum absolute atomic E-state index is 13.2. The van der Waals surface area contributed by atoms with Crippen LogP contribution in [0, 0.1) is 12.7 Å². The van der Waals surface area contributed by atoms with Gasteiger partial charge in [0.15, 0.2) is 5.03 Å². The summed E-state index contributed by atoms with van der Waals surface area (Å²) in [4.78, 5) is 4.79. The second-order valence-electron chi connectivity index (χ2n) is 5.12. The topological polar surface area (TPSA) is 76.4 Å². The molecule has 6 nitrogen and oxygen atoms in total. The van der Waals surface area contributed by atoms with E-state index in [1.165, 1.54) is 34.1 Å². The molecule has 0 spiro atoms. The summed E-state index contributed by atoms with van der Waals surface area (Å²) in [5.41, 5.74) is 0.928. The summed E-state index contributed by atoms with van der Waals surface area (Å²) >= 11 is 7.07. The number of halogens is 2. The van der Waals surface area contributed by atoms with Crippen molar-refractivity contribution in [3.8, 4) is 0 Å². The number of rotatable bonds is 5. The number of hydrogen-bond donors (Lipinski definition) is 1. The molecule has 0 atom stereocenters. The molecule has 10 heteroatoms. The minimum absolute atomic E-state index is 0.0141. The number of hydrogen-bond acceptors (Lipinski definition) is 5. The van der Waals surface area contributed by atoms with E-state index in [0.717, 1.165) is 5.01 Å². The van der Waals surface area contributed by atoms with Crippen LogP contribution < -0.4 is 4.72 Å². The molecule has 24 heavy (non-hydrogen) atoms. The summed E-state index contributed by atoms with van der Waals surface area (Å²) < 4.78 is 42.3. The van der Waals surface area contributed by atoms with E-state index in [1.807, 2.05) is 6.92 Å².